The second-order valence-electron chi connectivity index (χ2n) is 4.36. The normalized spacial score (nSPS) is 30.0. The minimum atomic E-state index is 0.606. The third kappa shape index (κ3) is 2.78. The Bertz CT molecular complexity index is 283. The summed E-state index contributed by atoms with van der Waals surface area (Å²) in [5, 5.41) is 0. The molecular formula is C13H18O2. The first-order valence-electron chi connectivity index (χ1n) is 5.82. The third-order valence-corrected chi connectivity index (χ3v) is 3.27. The maximum atomic E-state index is 10.4. The SMILES string of the molecule is O=C/C=C1/C=C(C2CCCOC2)CCC1. The molecule has 1 heterocycles. The van der Waals surface area contributed by atoms with Crippen LogP contribution in [0, 0.1) is 5.92 Å². The van der Waals surface area contributed by atoms with Crippen molar-refractivity contribution >= 4 is 6.29 Å². The van der Waals surface area contributed by atoms with Gasteiger partial charge in [-0.3, -0.25) is 4.79 Å². The van der Waals surface area contributed by atoms with E-state index in [-0.39, 0.29) is 0 Å². The van der Waals surface area contributed by atoms with Crippen molar-refractivity contribution in [2.45, 2.75) is 32.1 Å². The number of allylic oxidation sites excluding steroid dienone is 3. The van der Waals surface area contributed by atoms with Crippen LogP contribution in [-0.4, -0.2) is 19.5 Å². The van der Waals surface area contributed by atoms with Crippen LogP contribution in [0.5, 0.6) is 0 Å². The standard InChI is InChI=1S/C13H18O2/c14-7-6-11-3-1-4-12(9-11)13-5-2-8-15-10-13/h6-7,9,13H,1-5,8,10H2/b11-6+. The molecule has 1 aliphatic heterocycles. The van der Waals surface area contributed by atoms with E-state index in [0.29, 0.717) is 5.92 Å². The van der Waals surface area contributed by atoms with E-state index < -0.39 is 0 Å². The smallest absolute Gasteiger partial charge is 0.143 e. The summed E-state index contributed by atoms with van der Waals surface area (Å²) in [5.41, 5.74) is 2.69. The fourth-order valence-electron chi connectivity index (χ4n) is 2.45. The summed E-state index contributed by atoms with van der Waals surface area (Å²) in [6.07, 6.45) is 10.7. The molecule has 0 bridgehead atoms. The maximum Gasteiger partial charge on any atom is 0.143 e. The van der Waals surface area contributed by atoms with Crippen LogP contribution in [0.2, 0.25) is 0 Å². The van der Waals surface area contributed by atoms with Crippen LogP contribution in [0.4, 0.5) is 0 Å². The molecule has 2 nitrogen and oxygen atoms in total. The number of carbonyl (C=O) groups excluding carboxylic acids is 1. The van der Waals surface area contributed by atoms with Crippen molar-refractivity contribution < 1.29 is 9.53 Å². The van der Waals surface area contributed by atoms with Gasteiger partial charge < -0.3 is 4.74 Å². The molecule has 0 saturated carbocycles. The summed E-state index contributed by atoms with van der Waals surface area (Å²) < 4.78 is 5.50. The lowest BCUT2D eigenvalue weighted by Crippen LogP contribution is -2.20. The highest BCUT2D eigenvalue weighted by Crippen LogP contribution is 2.31. The average Bonchev–Trinajstić information content (AvgIpc) is 2.31. The molecule has 15 heavy (non-hydrogen) atoms. The Morgan fingerprint density at radius 3 is 3.00 bits per heavy atom. The molecule has 1 unspecified atom stereocenters. The van der Waals surface area contributed by atoms with Crippen molar-refractivity contribution in [3.8, 4) is 0 Å². The fourth-order valence-corrected chi connectivity index (χ4v) is 2.45. The first-order chi connectivity index (χ1) is 7.40. The summed E-state index contributed by atoms with van der Waals surface area (Å²) in [5.74, 6) is 0.606. The Kier molecular flexibility index (Phi) is 3.73. The van der Waals surface area contributed by atoms with E-state index in [1.807, 2.05) is 0 Å². The van der Waals surface area contributed by atoms with Gasteiger partial charge in [0.2, 0.25) is 0 Å². The molecule has 1 fully saturated rings. The van der Waals surface area contributed by atoms with E-state index in [1.165, 1.54) is 36.8 Å². The molecule has 0 aromatic carbocycles. The molecule has 82 valence electrons. The molecule has 0 aromatic rings. The van der Waals surface area contributed by atoms with Crippen molar-refractivity contribution in [3.05, 3.63) is 23.3 Å². The predicted octanol–water partition coefficient (Wildman–Crippen LogP) is 2.65. The molecule has 2 rings (SSSR count). The third-order valence-electron chi connectivity index (χ3n) is 3.27. The van der Waals surface area contributed by atoms with Crippen LogP contribution in [0.3, 0.4) is 0 Å². The van der Waals surface area contributed by atoms with Crippen molar-refractivity contribution in [1.82, 2.24) is 0 Å². The van der Waals surface area contributed by atoms with Gasteiger partial charge in [0.25, 0.3) is 0 Å². The average molecular weight is 206 g/mol. The molecule has 1 aliphatic carbocycles. The Labute approximate surface area is 91.0 Å². The van der Waals surface area contributed by atoms with E-state index in [2.05, 4.69) is 6.08 Å². The monoisotopic (exact) mass is 206 g/mol. The maximum absolute atomic E-state index is 10.4. The van der Waals surface area contributed by atoms with Crippen LogP contribution in [-0.2, 0) is 9.53 Å². The summed E-state index contributed by atoms with van der Waals surface area (Å²) in [6.45, 7) is 1.79. The first-order valence-corrected chi connectivity index (χ1v) is 5.82. The van der Waals surface area contributed by atoms with Crippen LogP contribution >= 0.6 is 0 Å². The van der Waals surface area contributed by atoms with Gasteiger partial charge in [-0.1, -0.05) is 11.6 Å². The molecule has 0 amide bonds. The van der Waals surface area contributed by atoms with Crippen LogP contribution < -0.4 is 0 Å². The highest BCUT2D eigenvalue weighted by molar-refractivity contribution is 5.67. The van der Waals surface area contributed by atoms with Gasteiger partial charge in [-0.25, -0.2) is 0 Å². The largest absolute Gasteiger partial charge is 0.381 e. The number of ether oxygens (including phenoxy) is 1. The van der Waals surface area contributed by atoms with Gasteiger partial charge in [0, 0.05) is 12.5 Å². The number of rotatable bonds is 2. The van der Waals surface area contributed by atoms with E-state index in [4.69, 9.17) is 4.74 Å². The summed E-state index contributed by atoms with van der Waals surface area (Å²) in [4.78, 5) is 10.4. The summed E-state index contributed by atoms with van der Waals surface area (Å²) >= 11 is 0. The topological polar surface area (TPSA) is 26.3 Å². The van der Waals surface area contributed by atoms with E-state index in [1.54, 1.807) is 6.08 Å². The van der Waals surface area contributed by atoms with Crippen molar-refractivity contribution in [2.24, 2.45) is 5.92 Å². The zero-order valence-corrected chi connectivity index (χ0v) is 9.08. The van der Waals surface area contributed by atoms with Crippen molar-refractivity contribution in [2.75, 3.05) is 13.2 Å². The zero-order chi connectivity index (χ0) is 10.5. The minimum Gasteiger partial charge on any atom is -0.381 e. The van der Waals surface area contributed by atoms with E-state index >= 15 is 0 Å². The van der Waals surface area contributed by atoms with Crippen molar-refractivity contribution in [1.29, 1.82) is 0 Å². The highest BCUT2D eigenvalue weighted by Gasteiger charge is 2.20. The van der Waals surface area contributed by atoms with Gasteiger partial charge in [0.15, 0.2) is 0 Å². The van der Waals surface area contributed by atoms with Gasteiger partial charge in [-0.05, 0) is 43.8 Å². The number of aldehydes is 1. The Balaban J connectivity index is 2.06. The summed E-state index contributed by atoms with van der Waals surface area (Å²) in [6, 6.07) is 0. The fraction of sp³-hybridized carbons (Fsp3) is 0.615. The highest BCUT2D eigenvalue weighted by atomic mass is 16.5. The molecular weight excluding hydrogens is 188 g/mol. The van der Waals surface area contributed by atoms with Gasteiger partial charge in [0.05, 0.1) is 6.61 Å². The molecule has 0 radical (unpaired) electrons. The Morgan fingerprint density at radius 1 is 1.33 bits per heavy atom. The quantitative estimate of drug-likeness (QED) is 0.513. The molecule has 2 heteroatoms. The molecule has 0 aromatic heterocycles. The Morgan fingerprint density at radius 2 is 2.27 bits per heavy atom. The van der Waals surface area contributed by atoms with Gasteiger partial charge in [-0.2, -0.15) is 0 Å². The van der Waals surface area contributed by atoms with E-state index in [9.17, 15) is 4.79 Å². The first kappa shape index (κ1) is 10.6. The van der Waals surface area contributed by atoms with Gasteiger partial charge >= 0.3 is 0 Å². The zero-order valence-electron chi connectivity index (χ0n) is 9.08. The molecule has 2 aliphatic rings. The molecule has 1 saturated heterocycles. The molecule has 1 atom stereocenters. The van der Waals surface area contributed by atoms with Crippen LogP contribution in [0.15, 0.2) is 23.3 Å². The minimum absolute atomic E-state index is 0.606. The van der Waals surface area contributed by atoms with Gasteiger partial charge in [0.1, 0.15) is 6.29 Å². The van der Waals surface area contributed by atoms with Crippen molar-refractivity contribution in [3.63, 3.8) is 0 Å². The van der Waals surface area contributed by atoms with Crippen LogP contribution in [0.25, 0.3) is 0 Å². The predicted molar refractivity (Wildman–Crippen MR) is 59.6 cm³/mol. The number of hydrogen-bond acceptors (Lipinski definition) is 2. The van der Waals surface area contributed by atoms with Gasteiger partial charge in [-0.15, -0.1) is 0 Å². The Hall–Kier alpha value is -0.890. The molecule has 0 spiro atoms. The summed E-state index contributed by atoms with van der Waals surface area (Å²) in [7, 11) is 0. The molecule has 0 N–H and O–H groups in total. The lowest BCUT2D eigenvalue weighted by molar-refractivity contribution is -0.104. The lowest BCUT2D eigenvalue weighted by Gasteiger charge is -2.27. The number of carbonyl (C=O) groups is 1. The lowest BCUT2D eigenvalue weighted by atomic mass is 9.84. The van der Waals surface area contributed by atoms with E-state index in [0.717, 1.165) is 25.9 Å². The number of hydrogen-bond donors (Lipinski definition) is 0. The second kappa shape index (κ2) is 5.26. The second-order valence-corrected chi connectivity index (χ2v) is 4.36. The van der Waals surface area contributed by atoms with Crippen LogP contribution in [0.1, 0.15) is 32.1 Å².